The minimum Gasteiger partial charge on any atom is -0.442 e. The van der Waals surface area contributed by atoms with Crippen LogP contribution in [0.2, 0.25) is 0 Å². The number of rotatable bonds is 3. The lowest BCUT2D eigenvalue weighted by Crippen LogP contribution is -2.36. The van der Waals surface area contributed by atoms with Crippen LogP contribution in [0.25, 0.3) is 0 Å². The highest BCUT2D eigenvalue weighted by Gasteiger charge is 2.16. The standard InChI is InChI=1S/C8H18N2O3/c1-6(5-9)13-10-7(11)12-8(2,3)4/h6H,5,9H2,1-4H3,(H,10,11). The topological polar surface area (TPSA) is 73.6 Å². The zero-order valence-corrected chi connectivity index (χ0v) is 8.59. The summed E-state index contributed by atoms with van der Waals surface area (Å²) < 4.78 is 4.92. The lowest BCUT2D eigenvalue weighted by atomic mass is 10.2. The van der Waals surface area contributed by atoms with Crippen LogP contribution >= 0.6 is 0 Å². The summed E-state index contributed by atoms with van der Waals surface area (Å²) in [6.07, 6.45) is -0.819. The summed E-state index contributed by atoms with van der Waals surface area (Å²) in [5, 5.41) is 0. The Hall–Kier alpha value is -0.810. The molecule has 0 radical (unpaired) electrons. The molecule has 0 aliphatic carbocycles. The van der Waals surface area contributed by atoms with Crippen LogP contribution in [0, 0.1) is 0 Å². The molecule has 78 valence electrons. The van der Waals surface area contributed by atoms with Crippen molar-refractivity contribution in [1.29, 1.82) is 0 Å². The molecule has 0 aromatic carbocycles. The van der Waals surface area contributed by atoms with Crippen molar-refractivity contribution in [3.63, 3.8) is 0 Å². The number of nitrogens with one attached hydrogen (secondary N) is 1. The molecule has 3 N–H and O–H groups in total. The molecule has 0 rings (SSSR count). The van der Waals surface area contributed by atoms with Crippen LogP contribution in [-0.2, 0) is 9.57 Å². The lowest BCUT2D eigenvalue weighted by Gasteiger charge is -2.20. The summed E-state index contributed by atoms with van der Waals surface area (Å²) in [5.74, 6) is 0. The van der Waals surface area contributed by atoms with E-state index in [4.69, 9.17) is 15.3 Å². The monoisotopic (exact) mass is 190 g/mol. The fourth-order valence-electron chi connectivity index (χ4n) is 0.496. The minimum absolute atomic E-state index is 0.215. The van der Waals surface area contributed by atoms with Crippen molar-refractivity contribution in [2.45, 2.75) is 39.4 Å². The van der Waals surface area contributed by atoms with Gasteiger partial charge in [-0.3, -0.25) is 4.84 Å². The zero-order chi connectivity index (χ0) is 10.5. The van der Waals surface area contributed by atoms with Crippen LogP contribution in [-0.4, -0.2) is 24.3 Å². The van der Waals surface area contributed by atoms with Crippen LogP contribution < -0.4 is 11.2 Å². The molecule has 1 unspecified atom stereocenters. The van der Waals surface area contributed by atoms with Gasteiger partial charge < -0.3 is 10.5 Å². The average Bonchev–Trinajstić information content (AvgIpc) is 1.97. The van der Waals surface area contributed by atoms with Crippen LogP contribution in [0.5, 0.6) is 0 Å². The Morgan fingerprint density at radius 3 is 2.46 bits per heavy atom. The Kier molecular flexibility index (Phi) is 4.72. The number of amides is 1. The number of carbonyl (C=O) groups is 1. The molecule has 13 heavy (non-hydrogen) atoms. The van der Waals surface area contributed by atoms with Gasteiger partial charge in [0.05, 0.1) is 6.10 Å². The fraction of sp³-hybridized carbons (Fsp3) is 0.875. The quantitative estimate of drug-likeness (QED) is 0.645. The first-order valence-corrected chi connectivity index (χ1v) is 4.20. The van der Waals surface area contributed by atoms with Gasteiger partial charge in [-0.25, -0.2) is 4.79 Å². The van der Waals surface area contributed by atoms with E-state index < -0.39 is 11.7 Å². The second kappa shape index (κ2) is 5.04. The molecule has 0 bridgehead atoms. The molecule has 0 saturated heterocycles. The summed E-state index contributed by atoms with van der Waals surface area (Å²) in [4.78, 5) is 15.8. The maximum absolute atomic E-state index is 11.0. The summed E-state index contributed by atoms with van der Waals surface area (Å²) >= 11 is 0. The van der Waals surface area contributed by atoms with Gasteiger partial charge in [0.25, 0.3) is 0 Å². The van der Waals surface area contributed by atoms with Gasteiger partial charge in [-0.15, -0.1) is 0 Å². The summed E-state index contributed by atoms with van der Waals surface area (Å²) in [6, 6.07) is 0. The van der Waals surface area contributed by atoms with Crippen molar-refractivity contribution in [2.24, 2.45) is 5.73 Å². The number of nitrogens with two attached hydrogens (primary N) is 1. The highest BCUT2D eigenvalue weighted by molar-refractivity contribution is 5.66. The molecule has 0 aromatic rings. The number of hydrogen-bond donors (Lipinski definition) is 2. The first-order valence-electron chi connectivity index (χ1n) is 4.20. The Morgan fingerprint density at radius 2 is 2.08 bits per heavy atom. The smallest absolute Gasteiger partial charge is 0.431 e. The maximum atomic E-state index is 11.0. The summed E-state index contributed by atoms with van der Waals surface area (Å²) in [5.41, 5.74) is 6.90. The Balaban J connectivity index is 3.64. The van der Waals surface area contributed by atoms with E-state index in [0.29, 0.717) is 6.54 Å². The predicted octanol–water partition coefficient (Wildman–Crippen LogP) is 0.790. The van der Waals surface area contributed by atoms with Gasteiger partial charge in [0.1, 0.15) is 5.60 Å². The molecule has 0 aliphatic heterocycles. The van der Waals surface area contributed by atoms with Crippen molar-refractivity contribution in [1.82, 2.24) is 5.48 Å². The fourth-order valence-corrected chi connectivity index (χ4v) is 0.496. The third-order valence-corrected chi connectivity index (χ3v) is 1.07. The highest BCUT2D eigenvalue weighted by Crippen LogP contribution is 2.06. The average molecular weight is 190 g/mol. The van der Waals surface area contributed by atoms with Crippen molar-refractivity contribution in [2.75, 3.05) is 6.54 Å². The Morgan fingerprint density at radius 1 is 1.54 bits per heavy atom. The molecule has 0 fully saturated rings. The molecule has 0 aliphatic rings. The normalized spacial score (nSPS) is 13.6. The van der Waals surface area contributed by atoms with Gasteiger partial charge in [-0.1, -0.05) is 0 Å². The largest absolute Gasteiger partial charge is 0.442 e. The molecular formula is C8H18N2O3. The van der Waals surface area contributed by atoms with Gasteiger partial charge in [0.2, 0.25) is 0 Å². The Bertz CT molecular complexity index is 165. The first kappa shape index (κ1) is 12.2. The number of ether oxygens (including phenoxy) is 1. The van der Waals surface area contributed by atoms with Crippen LogP contribution in [0.15, 0.2) is 0 Å². The van der Waals surface area contributed by atoms with Gasteiger partial charge in [0, 0.05) is 6.54 Å². The van der Waals surface area contributed by atoms with Crippen molar-refractivity contribution < 1.29 is 14.4 Å². The van der Waals surface area contributed by atoms with Crippen LogP contribution in [0.4, 0.5) is 4.79 Å². The lowest BCUT2D eigenvalue weighted by molar-refractivity contribution is -0.0330. The van der Waals surface area contributed by atoms with Crippen molar-refractivity contribution in [3.8, 4) is 0 Å². The summed E-state index contributed by atoms with van der Waals surface area (Å²) in [7, 11) is 0. The number of hydrogen-bond acceptors (Lipinski definition) is 4. The van der Waals surface area contributed by atoms with Gasteiger partial charge in [-0.05, 0) is 27.7 Å². The minimum atomic E-state index is -0.604. The molecule has 0 spiro atoms. The van der Waals surface area contributed by atoms with Crippen LogP contribution in [0.3, 0.4) is 0 Å². The third-order valence-electron chi connectivity index (χ3n) is 1.07. The molecular weight excluding hydrogens is 172 g/mol. The van der Waals surface area contributed by atoms with E-state index in [9.17, 15) is 4.79 Å². The second-order valence-electron chi connectivity index (χ2n) is 3.77. The zero-order valence-electron chi connectivity index (χ0n) is 8.59. The van der Waals surface area contributed by atoms with E-state index in [2.05, 4.69) is 5.48 Å². The number of hydroxylamine groups is 1. The van der Waals surface area contributed by atoms with Crippen LogP contribution in [0.1, 0.15) is 27.7 Å². The van der Waals surface area contributed by atoms with E-state index in [1.807, 2.05) is 0 Å². The van der Waals surface area contributed by atoms with Gasteiger partial charge >= 0.3 is 6.09 Å². The van der Waals surface area contributed by atoms with E-state index in [-0.39, 0.29) is 6.10 Å². The first-order chi connectivity index (χ1) is 5.85. The molecule has 0 aromatic heterocycles. The van der Waals surface area contributed by atoms with E-state index in [0.717, 1.165) is 0 Å². The number of carbonyl (C=O) groups excluding carboxylic acids is 1. The molecule has 5 heteroatoms. The van der Waals surface area contributed by atoms with E-state index in [1.54, 1.807) is 27.7 Å². The highest BCUT2D eigenvalue weighted by atomic mass is 16.7. The second-order valence-corrected chi connectivity index (χ2v) is 3.77. The maximum Gasteiger partial charge on any atom is 0.431 e. The molecule has 0 heterocycles. The molecule has 1 atom stereocenters. The third kappa shape index (κ3) is 7.55. The Labute approximate surface area is 78.5 Å². The van der Waals surface area contributed by atoms with E-state index in [1.165, 1.54) is 0 Å². The van der Waals surface area contributed by atoms with Crippen molar-refractivity contribution >= 4 is 6.09 Å². The molecule has 1 amide bonds. The molecule has 0 saturated carbocycles. The predicted molar refractivity (Wildman–Crippen MR) is 49.0 cm³/mol. The van der Waals surface area contributed by atoms with Crippen molar-refractivity contribution in [3.05, 3.63) is 0 Å². The van der Waals surface area contributed by atoms with E-state index >= 15 is 0 Å². The molecule has 5 nitrogen and oxygen atoms in total. The van der Waals surface area contributed by atoms with Gasteiger partial charge in [0.15, 0.2) is 0 Å². The van der Waals surface area contributed by atoms with Gasteiger partial charge in [-0.2, -0.15) is 5.48 Å². The summed E-state index contributed by atoms with van der Waals surface area (Å²) in [6.45, 7) is 7.42. The SMILES string of the molecule is CC(CN)ONC(=O)OC(C)(C)C.